The van der Waals surface area contributed by atoms with Crippen molar-refractivity contribution in [1.29, 1.82) is 10.8 Å². The molecule has 0 heterocycles. The number of ether oxygens (including phenoxy) is 2. The molecule has 0 saturated carbocycles. The van der Waals surface area contributed by atoms with Crippen molar-refractivity contribution in [3.05, 3.63) is 143 Å². The van der Waals surface area contributed by atoms with E-state index in [0.29, 0.717) is 11.1 Å². The number of benzene rings is 4. The number of carbonyl (C=O) groups excluding carboxylic acids is 2. The molecule has 4 aromatic rings. The van der Waals surface area contributed by atoms with Gasteiger partial charge in [-0.05, 0) is 87.1 Å². The SMILES string of the molecule is CC(C)(C)OC(=O)NC(=N)c1cccc(/C(=C(\c2ccccc2)c2cccc(C(=N)NC(=O)OC(C)(C)C)c2)c2ccccc2)c1. The molecule has 0 spiro atoms. The molecule has 2 amide bonds. The number of hydrogen-bond donors (Lipinski definition) is 4. The summed E-state index contributed by atoms with van der Waals surface area (Å²) in [5.41, 5.74) is 4.83. The Morgan fingerprint density at radius 2 is 0.783 bits per heavy atom. The van der Waals surface area contributed by atoms with E-state index in [1.54, 1.807) is 53.7 Å². The summed E-state index contributed by atoms with van der Waals surface area (Å²) in [6.07, 6.45) is -1.41. The van der Waals surface area contributed by atoms with Crippen molar-refractivity contribution in [2.45, 2.75) is 52.7 Å². The van der Waals surface area contributed by atoms with Gasteiger partial charge in [0.15, 0.2) is 0 Å². The highest BCUT2D eigenvalue weighted by atomic mass is 16.6. The molecule has 0 fully saturated rings. The van der Waals surface area contributed by atoms with E-state index in [9.17, 15) is 9.59 Å². The van der Waals surface area contributed by atoms with Gasteiger partial charge in [0.05, 0.1) is 0 Å². The molecule has 8 heteroatoms. The quantitative estimate of drug-likeness (QED) is 0.0986. The number of carbonyl (C=O) groups is 2. The van der Waals surface area contributed by atoms with Crippen LogP contribution in [0, 0.1) is 10.8 Å². The Labute approximate surface area is 270 Å². The molecule has 4 rings (SSSR count). The molecule has 0 aromatic heterocycles. The molecule has 46 heavy (non-hydrogen) atoms. The highest BCUT2D eigenvalue weighted by Gasteiger charge is 2.21. The van der Waals surface area contributed by atoms with Crippen molar-refractivity contribution in [2.24, 2.45) is 0 Å². The minimum absolute atomic E-state index is 0.0894. The van der Waals surface area contributed by atoms with Crippen molar-refractivity contribution in [3.63, 3.8) is 0 Å². The second-order valence-corrected chi connectivity index (χ2v) is 12.6. The summed E-state index contributed by atoms with van der Waals surface area (Å²) in [4.78, 5) is 24.9. The normalized spacial score (nSPS) is 12.0. The van der Waals surface area contributed by atoms with E-state index in [-0.39, 0.29) is 11.7 Å². The molecule has 236 valence electrons. The molecule has 8 nitrogen and oxygen atoms in total. The third-order valence-electron chi connectivity index (χ3n) is 6.51. The summed E-state index contributed by atoms with van der Waals surface area (Å²) in [7, 11) is 0. The summed E-state index contributed by atoms with van der Waals surface area (Å²) in [5, 5.41) is 22.3. The zero-order valence-corrected chi connectivity index (χ0v) is 27.0. The van der Waals surface area contributed by atoms with Crippen LogP contribution < -0.4 is 10.6 Å². The monoisotopic (exact) mass is 616 g/mol. The summed E-state index contributed by atoms with van der Waals surface area (Å²) >= 11 is 0. The molecule has 0 aliphatic rings. The van der Waals surface area contributed by atoms with E-state index in [1.807, 2.05) is 97.1 Å². The Morgan fingerprint density at radius 1 is 0.478 bits per heavy atom. The van der Waals surface area contributed by atoms with Crippen LogP contribution in [0.5, 0.6) is 0 Å². The van der Waals surface area contributed by atoms with Gasteiger partial charge in [-0.1, -0.05) is 97.1 Å². The van der Waals surface area contributed by atoms with Crippen molar-refractivity contribution in [3.8, 4) is 0 Å². The average Bonchev–Trinajstić information content (AvgIpc) is 2.99. The predicted molar refractivity (Wildman–Crippen MR) is 183 cm³/mol. The van der Waals surface area contributed by atoms with Crippen molar-refractivity contribution >= 4 is 35.0 Å². The van der Waals surface area contributed by atoms with Gasteiger partial charge in [0.2, 0.25) is 0 Å². The molecule has 0 unspecified atom stereocenters. The molecule has 0 aliphatic heterocycles. The Hall–Kier alpha value is -5.50. The topological polar surface area (TPSA) is 124 Å². The summed E-state index contributed by atoms with van der Waals surface area (Å²) < 4.78 is 10.7. The highest BCUT2D eigenvalue weighted by molar-refractivity contribution is 6.09. The van der Waals surface area contributed by atoms with E-state index in [1.165, 1.54) is 0 Å². The van der Waals surface area contributed by atoms with E-state index in [0.717, 1.165) is 33.4 Å². The third-order valence-corrected chi connectivity index (χ3v) is 6.51. The average molecular weight is 617 g/mol. The lowest BCUT2D eigenvalue weighted by Crippen LogP contribution is -2.36. The van der Waals surface area contributed by atoms with Gasteiger partial charge in [-0.25, -0.2) is 9.59 Å². The Morgan fingerprint density at radius 3 is 1.11 bits per heavy atom. The predicted octanol–water partition coefficient (Wildman–Crippen LogP) is 8.39. The zero-order chi connectivity index (χ0) is 33.5. The van der Waals surface area contributed by atoms with Gasteiger partial charge in [0, 0.05) is 11.1 Å². The van der Waals surface area contributed by atoms with Crippen LogP contribution in [0.3, 0.4) is 0 Å². The molecule has 4 aromatic carbocycles. The number of alkyl carbamates (subject to hydrolysis) is 2. The number of nitrogens with one attached hydrogen (secondary N) is 4. The van der Waals surface area contributed by atoms with Gasteiger partial charge >= 0.3 is 12.2 Å². The maximum Gasteiger partial charge on any atom is 0.413 e. The van der Waals surface area contributed by atoms with Crippen LogP contribution in [0.2, 0.25) is 0 Å². The Kier molecular flexibility index (Phi) is 10.2. The minimum atomic E-state index is -0.703. The number of amidine groups is 2. The van der Waals surface area contributed by atoms with Gasteiger partial charge < -0.3 is 9.47 Å². The van der Waals surface area contributed by atoms with Crippen LogP contribution in [0.15, 0.2) is 109 Å². The molecule has 4 N–H and O–H groups in total. The largest absolute Gasteiger partial charge is 0.444 e. The Balaban J connectivity index is 1.87. The molecular formula is C38H40N4O4. The van der Waals surface area contributed by atoms with E-state index in [2.05, 4.69) is 10.6 Å². The number of amides is 2. The maximum atomic E-state index is 12.4. The standard InChI is InChI=1S/C38H40N4O4/c1-37(2,3)45-35(43)41-33(39)29-21-13-19-27(23-29)31(25-15-9-7-10-16-25)32(26-17-11-8-12-18-26)28-20-14-22-30(24-28)34(40)42-36(44)46-38(4,5)6/h7-24H,1-6H3,(H2,39,41,43)(H2,40,42,44)/b32-31+. The lowest BCUT2D eigenvalue weighted by atomic mass is 9.85. The third kappa shape index (κ3) is 9.25. The van der Waals surface area contributed by atoms with Crippen LogP contribution in [0.25, 0.3) is 11.1 Å². The van der Waals surface area contributed by atoms with Crippen molar-refractivity contribution < 1.29 is 19.1 Å². The first-order valence-corrected chi connectivity index (χ1v) is 14.9. The minimum Gasteiger partial charge on any atom is -0.444 e. The fraction of sp³-hybridized carbons (Fsp3) is 0.211. The van der Waals surface area contributed by atoms with Crippen LogP contribution >= 0.6 is 0 Å². The fourth-order valence-corrected chi connectivity index (χ4v) is 4.74. The zero-order valence-electron chi connectivity index (χ0n) is 27.0. The van der Waals surface area contributed by atoms with Gasteiger partial charge in [-0.15, -0.1) is 0 Å². The molecule has 0 radical (unpaired) electrons. The second kappa shape index (κ2) is 14.1. The number of rotatable bonds is 6. The summed E-state index contributed by atoms with van der Waals surface area (Å²) in [6.45, 7) is 10.6. The molecule has 0 aliphatic carbocycles. The maximum absolute atomic E-state index is 12.4. The first kappa shape index (κ1) is 33.4. The molecular weight excluding hydrogens is 576 g/mol. The Bertz CT molecular complexity index is 1630. The van der Waals surface area contributed by atoms with Gasteiger partial charge in [0.1, 0.15) is 22.9 Å². The van der Waals surface area contributed by atoms with Gasteiger partial charge in [-0.3, -0.25) is 21.5 Å². The lowest BCUT2D eigenvalue weighted by molar-refractivity contribution is 0.0551. The smallest absolute Gasteiger partial charge is 0.413 e. The molecule has 0 atom stereocenters. The van der Waals surface area contributed by atoms with E-state index in [4.69, 9.17) is 20.3 Å². The number of hydrogen-bond acceptors (Lipinski definition) is 6. The van der Waals surface area contributed by atoms with Gasteiger partial charge in [0.25, 0.3) is 0 Å². The first-order valence-electron chi connectivity index (χ1n) is 14.9. The van der Waals surface area contributed by atoms with Crippen LogP contribution in [-0.2, 0) is 9.47 Å². The van der Waals surface area contributed by atoms with Crippen LogP contribution in [-0.4, -0.2) is 35.1 Å². The molecule has 0 bridgehead atoms. The van der Waals surface area contributed by atoms with E-state index < -0.39 is 23.4 Å². The van der Waals surface area contributed by atoms with Crippen LogP contribution in [0.4, 0.5) is 9.59 Å². The first-order chi connectivity index (χ1) is 21.7. The van der Waals surface area contributed by atoms with Crippen molar-refractivity contribution in [2.75, 3.05) is 0 Å². The summed E-state index contributed by atoms with van der Waals surface area (Å²) in [6, 6.07) is 34.7. The second-order valence-electron chi connectivity index (χ2n) is 12.6. The molecule has 0 saturated heterocycles. The lowest BCUT2D eigenvalue weighted by Gasteiger charge is -2.21. The highest BCUT2D eigenvalue weighted by Crippen LogP contribution is 2.37. The van der Waals surface area contributed by atoms with Gasteiger partial charge in [-0.2, -0.15) is 0 Å². The van der Waals surface area contributed by atoms with Crippen molar-refractivity contribution in [1.82, 2.24) is 10.6 Å². The van der Waals surface area contributed by atoms with Crippen LogP contribution in [0.1, 0.15) is 74.9 Å². The fourth-order valence-electron chi connectivity index (χ4n) is 4.74. The summed E-state index contributed by atoms with van der Waals surface area (Å²) in [5.74, 6) is -0.179. The van der Waals surface area contributed by atoms with E-state index >= 15 is 0 Å².